The lowest BCUT2D eigenvalue weighted by Gasteiger charge is -2.15. The molecule has 1 atom stereocenters. The molecule has 2 aromatic heterocycles. The maximum Gasteiger partial charge on any atom is 0.126 e. The molecule has 2 aromatic rings. The predicted molar refractivity (Wildman–Crippen MR) is 66.8 cm³/mol. The van der Waals surface area contributed by atoms with E-state index in [1.54, 1.807) is 6.26 Å². The van der Waals surface area contributed by atoms with Gasteiger partial charge in [0.1, 0.15) is 11.8 Å². The summed E-state index contributed by atoms with van der Waals surface area (Å²) < 4.78 is 7.42. The molecular formula is C13H19N3O. The predicted octanol–water partition coefficient (Wildman–Crippen LogP) is 2.27. The molecule has 0 saturated carbocycles. The third-order valence-electron chi connectivity index (χ3n) is 2.86. The van der Waals surface area contributed by atoms with Gasteiger partial charge in [-0.05, 0) is 31.2 Å². The van der Waals surface area contributed by atoms with Crippen LogP contribution in [0.2, 0.25) is 0 Å². The standard InChI is InChI=1S/C13H19N3O/c1-4-10-9-11(16(3)15-10)13(14-5-2)12-7-6-8-17-12/h6-9,13-14H,4-5H2,1-3H3. The van der Waals surface area contributed by atoms with Crippen LogP contribution in [-0.2, 0) is 13.5 Å². The molecule has 4 heteroatoms. The molecule has 0 aliphatic rings. The van der Waals surface area contributed by atoms with E-state index in [0.717, 1.165) is 30.1 Å². The molecule has 0 aromatic carbocycles. The quantitative estimate of drug-likeness (QED) is 0.861. The van der Waals surface area contributed by atoms with Gasteiger partial charge in [-0.3, -0.25) is 4.68 Å². The van der Waals surface area contributed by atoms with Crippen molar-refractivity contribution in [2.75, 3.05) is 6.54 Å². The molecule has 17 heavy (non-hydrogen) atoms. The summed E-state index contributed by atoms with van der Waals surface area (Å²) in [5.74, 6) is 0.928. The normalized spacial score (nSPS) is 12.9. The van der Waals surface area contributed by atoms with Crippen LogP contribution in [0.1, 0.15) is 37.0 Å². The van der Waals surface area contributed by atoms with E-state index in [9.17, 15) is 0 Å². The van der Waals surface area contributed by atoms with Gasteiger partial charge in [-0.2, -0.15) is 5.10 Å². The second kappa shape index (κ2) is 5.19. The van der Waals surface area contributed by atoms with Crippen molar-refractivity contribution in [2.45, 2.75) is 26.3 Å². The van der Waals surface area contributed by atoms with Gasteiger partial charge in [0.15, 0.2) is 0 Å². The number of hydrogen-bond donors (Lipinski definition) is 1. The molecule has 0 saturated heterocycles. The Labute approximate surface area is 102 Å². The minimum atomic E-state index is 0.0767. The van der Waals surface area contributed by atoms with Gasteiger partial charge in [0.05, 0.1) is 17.7 Å². The number of hydrogen-bond acceptors (Lipinski definition) is 3. The Morgan fingerprint density at radius 3 is 2.82 bits per heavy atom. The van der Waals surface area contributed by atoms with Crippen molar-refractivity contribution in [1.82, 2.24) is 15.1 Å². The summed E-state index contributed by atoms with van der Waals surface area (Å²) in [5.41, 5.74) is 2.25. The van der Waals surface area contributed by atoms with E-state index >= 15 is 0 Å². The van der Waals surface area contributed by atoms with Crippen molar-refractivity contribution in [3.8, 4) is 0 Å². The minimum absolute atomic E-state index is 0.0767. The monoisotopic (exact) mass is 233 g/mol. The number of nitrogens with zero attached hydrogens (tertiary/aromatic N) is 2. The summed E-state index contributed by atoms with van der Waals surface area (Å²) in [6.45, 7) is 5.09. The highest BCUT2D eigenvalue weighted by atomic mass is 16.3. The lowest BCUT2D eigenvalue weighted by atomic mass is 10.1. The Morgan fingerprint density at radius 1 is 1.47 bits per heavy atom. The molecule has 2 rings (SSSR count). The molecule has 0 bridgehead atoms. The second-order valence-corrected chi connectivity index (χ2v) is 4.04. The number of aromatic nitrogens is 2. The topological polar surface area (TPSA) is 43.0 Å². The van der Waals surface area contributed by atoms with Crippen molar-refractivity contribution < 1.29 is 4.42 Å². The van der Waals surface area contributed by atoms with E-state index in [-0.39, 0.29) is 6.04 Å². The molecule has 0 spiro atoms. The number of rotatable bonds is 5. The molecule has 2 heterocycles. The first-order chi connectivity index (χ1) is 8.26. The highest BCUT2D eigenvalue weighted by Gasteiger charge is 2.19. The Morgan fingerprint density at radius 2 is 2.29 bits per heavy atom. The molecule has 4 nitrogen and oxygen atoms in total. The number of furan rings is 1. The number of aryl methyl sites for hydroxylation is 2. The lowest BCUT2D eigenvalue weighted by molar-refractivity contribution is 0.438. The van der Waals surface area contributed by atoms with Gasteiger partial charge in [0.25, 0.3) is 0 Å². The third-order valence-corrected chi connectivity index (χ3v) is 2.86. The first-order valence-corrected chi connectivity index (χ1v) is 6.05. The van der Waals surface area contributed by atoms with Crippen LogP contribution in [0.3, 0.4) is 0 Å². The average molecular weight is 233 g/mol. The summed E-state index contributed by atoms with van der Waals surface area (Å²) in [5, 5.41) is 7.90. The van der Waals surface area contributed by atoms with Crippen LogP contribution < -0.4 is 5.32 Å². The maximum absolute atomic E-state index is 5.50. The fourth-order valence-electron chi connectivity index (χ4n) is 2.00. The maximum atomic E-state index is 5.50. The molecule has 0 aliphatic heterocycles. The fourth-order valence-corrected chi connectivity index (χ4v) is 2.00. The molecule has 0 fully saturated rings. The fraction of sp³-hybridized carbons (Fsp3) is 0.462. The van der Waals surface area contributed by atoms with Crippen LogP contribution in [-0.4, -0.2) is 16.3 Å². The van der Waals surface area contributed by atoms with Crippen LogP contribution in [0.4, 0.5) is 0 Å². The van der Waals surface area contributed by atoms with Crippen LogP contribution in [0.5, 0.6) is 0 Å². The largest absolute Gasteiger partial charge is 0.467 e. The van der Waals surface area contributed by atoms with Crippen molar-refractivity contribution in [3.63, 3.8) is 0 Å². The highest BCUT2D eigenvalue weighted by Crippen LogP contribution is 2.22. The number of nitrogens with one attached hydrogen (secondary N) is 1. The molecule has 1 unspecified atom stereocenters. The van der Waals surface area contributed by atoms with Gasteiger partial charge in [0.2, 0.25) is 0 Å². The van der Waals surface area contributed by atoms with Crippen LogP contribution in [0, 0.1) is 0 Å². The van der Waals surface area contributed by atoms with Crippen LogP contribution >= 0.6 is 0 Å². The van der Waals surface area contributed by atoms with E-state index in [4.69, 9.17) is 4.42 Å². The minimum Gasteiger partial charge on any atom is -0.467 e. The highest BCUT2D eigenvalue weighted by molar-refractivity contribution is 5.22. The third kappa shape index (κ3) is 2.42. The van der Waals surface area contributed by atoms with E-state index in [1.165, 1.54) is 0 Å². The molecule has 0 aliphatic carbocycles. The Kier molecular flexibility index (Phi) is 3.64. The molecule has 1 N–H and O–H groups in total. The van der Waals surface area contributed by atoms with Crippen molar-refractivity contribution in [1.29, 1.82) is 0 Å². The van der Waals surface area contributed by atoms with Gasteiger partial charge < -0.3 is 9.73 Å². The zero-order chi connectivity index (χ0) is 12.3. The zero-order valence-electron chi connectivity index (χ0n) is 10.6. The van der Waals surface area contributed by atoms with Crippen LogP contribution in [0.25, 0.3) is 0 Å². The average Bonchev–Trinajstić information content (AvgIpc) is 2.95. The second-order valence-electron chi connectivity index (χ2n) is 4.04. The van der Waals surface area contributed by atoms with E-state index in [0.29, 0.717) is 0 Å². The molecule has 0 radical (unpaired) electrons. The summed E-state index contributed by atoms with van der Waals surface area (Å²) in [6.07, 6.45) is 2.65. The van der Waals surface area contributed by atoms with Gasteiger partial charge >= 0.3 is 0 Å². The van der Waals surface area contributed by atoms with Crippen molar-refractivity contribution in [3.05, 3.63) is 41.6 Å². The summed E-state index contributed by atoms with van der Waals surface area (Å²) in [6, 6.07) is 6.12. The zero-order valence-corrected chi connectivity index (χ0v) is 10.6. The summed E-state index contributed by atoms with van der Waals surface area (Å²) in [4.78, 5) is 0. The van der Waals surface area contributed by atoms with Gasteiger partial charge in [-0.25, -0.2) is 0 Å². The van der Waals surface area contributed by atoms with Crippen molar-refractivity contribution >= 4 is 0 Å². The van der Waals surface area contributed by atoms with Crippen LogP contribution in [0.15, 0.2) is 28.9 Å². The molecule has 92 valence electrons. The lowest BCUT2D eigenvalue weighted by Crippen LogP contribution is -2.23. The van der Waals surface area contributed by atoms with E-state index < -0.39 is 0 Å². The first kappa shape index (κ1) is 11.9. The smallest absolute Gasteiger partial charge is 0.126 e. The van der Waals surface area contributed by atoms with E-state index in [2.05, 4.69) is 30.3 Å². The summed E-state index contributed by atoms with van der Waals surface area (Å²) >= 11 is 0. The van der Waals surface area contributed by atoms with Gasteiger partial charge in [0, 0.05) is 7.05 Å². The Bertz CT molecular complexity index is 459. The van der Waals surface area contributed by atoms with Crippen molar-refractivity contribution in [2.24, 2.45) is 7.05 Å². The molecular weight excluding hydrogens is 214 g/mol. The summed E-state index contributed by atoms with van der Waals surface area (Å²) in [7, 11) is 1.97. The molecule has 0 amide bonds. The Hall–Kier alpha value is -1.55. The van der Waals surface area contributed by atoms with E-state index in [1.807, 2.05) is 23.9 Å². The first-order valence-electron chi connectivity index (χ1n) is 6.05. The van der Waals surface area contributed by atoms with Gasteiger partial charge in [-0.1, -0.05) is 13.8 Å². The SMILES string of the molecule is CCNC(c1ccco1)c1cc(CC)nn1C. The Balaban J connectivity index is 2.35. The van der Waals surface area contributed by atoms with Gasteiger partial charge in [-0.15, -0.1) is 0 Å².